The van der Waals surface area contributed by atoms with Crippen LogP contribution in [0.3, 0.4) is 0 Å². The van der Waals surface area contributed by atoms with Crippen molar-refractivity contribution in [3.8, 4) is 11.5 Å². The molecule has 0 bridgehead atoms. The summed E-state index contributed by atoms with van der Waals surface area (Å²) in [7, 11) is 0. The minimum Gasteiger partial charge on any atom is -0.504 e. The summed E-state index contributed by atoms with van der Waals surface area (Å²) >= 11 is 0. The van der Waals surface area contributed by atoms with E-state index in [9.17, 15) is 5.11 Å². The van der Waals surface area contributed by atoms with Crippen molar-refractivity contribution >= 4 is 6.08 Å². The van der Waals surface area contributed by atoms with Gasteiger partial charge in [-0.2, -0.15) is 0 Å². The van der Waals surface area contributed by atoms with Crippen LogP contribution in [0, 0.1) is 0 Å². The third kappa shape index (κ3) is 2.49. The number of nitrogens with two attached hydrogens (primary N) is 1. The summed E-state index contributed by atoms with van der Waals surface area (Å²) in [5.74, 6) is -0.230. The van der Waals surface area contributed by atoms with Crippen LogP contribution in [0.5, 0.6) is 11.5 Å². The Balaban J connectivity index is 2.95. The number of hydrogen-bond acceptors (Lipinski definition) is 3. The van der Waals surface area contributed by atoms with Gasteiger partial charge in [0.25, 0.3) is 0 Å². The van der Waals surface area contributed by atoms with E-state index < -0.39 is 0 Å². The predicted octanol–water partition coefficient (Wildman–Crippen LogP) is 1.46. The van der Waals surface area contributed by atoms with E-state index >= 15 is 0 Å². The van der Waals surface area contributed by atoms with Gasteiger partial charge in [0.2, 0.25) is 0 Å². The Bertz CT molecular complexity index is 319. The lowest BCUT2D eigenvalue weighted by Crippen LogP contribution is -2.09. The summed E-state index contributed by atoms with van der Waals surface area (Å²) in [6.07, 6.45) is 3.42. The zero-order valence-electron chi connectivity index (χ0n) is 7.44. The Labute approximate surface area is 77.1 Å². The van der Waals surface area contributed by atoms with E-state index in [-0.39, 0.29) is 17.5 Å². The van der Waals surface area contributed by atoms with Gasteiger partial charge in [0.1, 0.15) is 0 Å². The van der Waals surface area contributed by atoms with Gasteiger partial charge < -0.3 is 15.9 Å². The number of hydrogen-bond donors (Lipinski definition) is 3. The molecule has 0 saturated heterocycles. The lowest BCUT2D eigenvalue weighted by atomic mass is 10.1. The smallest absolute Gasteiger partial charge is 0.164 e. The summed E-state index contributed by atoms with van der Waals surface area (Å²) in [5, 5.41) is 18.5. The van der Waals surface area contributed by atoms with E-state index in [1.54, 1.807) is 24.3 Å². The van der Waals surface area contributed by atoms with Crippen molar-refractivity contribution in [1.82, 2.24) is 0 Å². The fourth-order valence-corrected chi connectivity index (χ4v) is 0.939. The molecular weight excluding hydrogens is 166 g/mol. The molecule has 1 rings (SSSR count). The first-order valence-electron chi connectivity index (χ1n) is 4.06. The van der Waals surface area contributed by atoms with Crippen molar-refractivity contribution in [2.24, 2.45) is 5.73 Å². The van der Waals surface area contributed by atoms with Crippen LogP contribution >= 0.6 is 0 Å². The van der Waals surface area contributed by atoms with Crippen LogP contribution in [0.1, 0.15) is 12.5 Å². The molecule has 4 N–H and O–H groups in total. The highest BCUT2D eigenvalue weighted by molar-refractivity contribution is 5.61. The minimum atomic E-state index is -0.119. The third-order valence-electron chi connectivity index (χ3n) is 1.63. The second-order valence-corrected chi connectivity index (χ2v) is 2.93. The van der Waals surface area contributed by atoms with Crippen molar-refractivity contribution in [2.45, 2.75) is 13.0 Å². The summed E-state index contributed by atoms with van der Waals surface area (Å²) in [5.41, 5.74) is 6.06. The van der Waals surface area contributed by atoms with E-state index in [2.05, 4.69) is 0 Å². The van der Waals surface area contributed by atoms with Crippen molar-refractivity contribution < 1.29 is 10.2 Å². The van der Waals surface area contributed by atoms with Crippen molar-refractivity contribution in [2.75, 3.05) is 0 Å². The van der Waals surface area contributed by atoms with E-state index in [0.717, 1.165) is 0 Å². The Kier molecular flexibility index (Phi) is 2.93. The molecule has 0 aromatic heterocycles. The quantitative estimate of drug-likeness (QED) is 0.602. The maximum atomic E-state index is 9.37. The molecule has 0 aliphatic rings. The normalized spacial score (nSPS) is 13.4. The summed E-state index contributed by atoms with van der Waals surface area (Å²) in [6.45, 7) is 1.83. The molecule has 0 spiro atoms. The molecule has 0 aliphatic heterocycles. The minimum absolute atomic E-state index is 0.0678. The highest BCUT2D eigenvalue weighted by Crippen LogP contribution is 2.28. The first-order chi connectivity index (χ1) is 6.11. The zero-order valence-corrected chi connectivity index (χ0v) is 7.44. The van der Waals surface area contributed by atoms with E-state index in [1.165, 1.54) is 6.07 Å². The molecule has 0 saturated carbocycles. The Morgan fingerprint density at radius 1 is 1.38 bits per heavy atom. The van der Waals surface area contributed by atoms with Gasteiger partial charge >= 0.3 is 0 Å². The number of rotatable bonds is 2. The van der Waals surface area contributed by atoms with Crippen molar-refractivity contribution in [3.05, 3.63) is 29.8 Å². The van der Waals surface area contributed by atoms with E-state index in [4.69, 9.17) is 10.8 Å². The maximum Gasteiger partial charge on any atom is 0.164 e. The van der Waals surface area contributed by atoms with Gasteiger partial charge in [0.05, 0.1) is 0 Å². The number of phenolic OH excluding ortho intramolecular Hbond substituents is 2. The lowest BCUT2D eigenvalue weighted by Gasteiger charge is -2.01. The summed E-state index contributed by atoms with van der Waals surface area (Å²) in [6, 6.07) is 4.73. The highest BCUT2D eigenvalue weighted by Gasteiger charge is 2.01. The summed E-state index contributed by atoms with van der Waals surface area (Å²) < 4.78 is 0. The van der Waals surface area contributed by atoms with Crippen LogP contribution in [0.4, 0.5) is 0 Å². The van der Waals surface area contributed by atoms with Crippen LogP contribution in [0.2, 0.25) is 0 Å². The monoisotopic (exact) mass is 179 g/mol. The molecule has 3 heteroatoms. The average molecular weight is 179 g/mol. The Morgan fingerprint density at radius 3 is 2.69 bits per heavy atom. The fraction of sp³-hybridized carbons (Fsp3) is 0.200. The molecule has 0 amide bonds. The van der Waals surface area contributed by atoms with Gasteiger partial charge in [-0.3, -0.25) is 0 Å². The standard InChI is InChI=1S/C10H13NO2/c1-7(11)5-6-8-3-2-4-9(12)10(8)13/h2-7,12-13H,11H2,1H3/b6-5+. The molecule has 0 heterocycles. The molecule has 70 valence electrons. The summed E-state index contributed by atoms with van der Waals surface area (Å²) in [4.78, 5) is 0. The Morgan fingerprint density at radius 2 is 2.08 bits per heavy atom. The third-order valence-corrected chi connectivity index (χ3v) is 1.63. The second-order valence-electron chi connectivity index (χ2n) is 2.93. The Hall–Kier alpha value is -1.48. The average Bonchev–Trinajstić information content (AvgIpc) is 2.07. The van der Waals surface area contributed by atoms with Crippen molar-refractivity contribution in [3.63, 3.8) is 0 Å². The molecule has 0 aliphatic carbocycles. The molecule has 1 unspecified atom stereocenters. The second kappa shape index (κ2) is 3.96. The molecule has 1 aromatic rings. The predicted molar refractivity (Wildman–Crippen MR) is 52.5 cm³/mol. The van der Waals surface area contributed by atoms with Gasteiger partial charge in [0, 0.05) is 11.6 Å². The lowest BCUT2D eigenvalue weighted by molar-refractivity contribution is 0.403. The molecule has 0 radical (unpaired) electrons. The van der Waals surface area contributed by atoms with Gasteiger partial charge in [-0.25, -0.2) is 0 Å². The molecule has 13 heavy (non-hydrogen) atoms. The van der Waals surface area contributed by atoms with Gasteiger partial charge in [-0.1, -0.05) is 24.3 Å². The van der Waals surface area contributed by atoms with Crippen LogP contribution < -0.4 is 5.73 Å². The first-order valence-corrected chi connectivity index (χ1v) is 4.06. The van der Waals surface area contributed by atoms with Gasteiger partial charge in [-0.05, 0) is 13.0 Å². The molecule has 3 nitrogen and oxygen atoms in total. The number of para-hydroxylation sites is 1. The first kappa shape index (κ1) is 9.61. The SMILES string of the molecule is CC(N)/C=C/c1cccc(O)c1O. The van der Waals surface area contributed by atoms with Crippen LogP contribution in [0.15, 0.2) is 24.3 Å². The van der Waals surface area contributed by atoms with Crippen LogP contribution in [0.25, 0.3) is 6.08 Å². The molecule has 1 aromatic carbocycles. The van der Waals surface area contributed by atoms with E-state index in [0.29, 0.717) is 5.56 Å². The zero-order chi connectivity index (χ0) is 9.84. The molecule has 0 fully saturated rings. The highest BCUT2D eigenvalue weighted by atomic mass is 16.3. The fourth-order valence-electron chi connectivity index (χ4n) is 0.939. The number of aromatic hydroxyl groups is 2. The number of benzene rings is 1. The maximum absolute atomic E-state index is 9.37. The topological polar surface area (TPSA) is 66.5 Å². The van der Waals surface area contributed by atoms with Gasteiger partial charge in [-0.15, -0.1) is 0 Å². The molecule has 1 atom stereocenters. The van der Waals surface area contributed by atoms with Gasteiger partial charge in [0.15, 0.2) is 11.5 Å². The molecular formula is C10H13NO2. The van der Waals surface area contributed by atoms with Crippen molar-refractivity contribution in [1.29, 1.82) is 0 Å². The largest absolute Gasteiger partial charge is 0.504 e. The van der Waals surface area contributed by atoms with Crippen LogP contribution in [-0.4, -0.2) is 16.3 Å². The van der Waals surface area contributed by atoms with E-state index in [1.807, 2.05) is 6.92 Å². The van der Waals surface area contributed by atoms with Crippen LogP contribution in [-0.2, 0) is 0 Å². The number of phenols is 2.